The molecule has 1 heterocycles. The Kier molecular flexibility index (Phi) is 3.94. The zero-order valence-electron chi connectivity index (χ0n) is 11.1. The zero-order valence-corrected chi connectivity index (χ0v) is 11.1. The number of aromatic nitrogens is 1. The standard InChI is InChI=1S/C16H16N2O2/c1-2-6-13(7-3-1)19-11-10-17-12-16-18-14-8-4-5-9-15(14)20-16/h1-9,17H,10-12H2. The Morgan fingerprint density at radius 1 is 1.00 bits per heavy atom. The van der Waals surface area contributed by atoms with E-state index in [1.807, 2.05) is 54.6 Å². The Hall–Kier alpha value is -2.33. The minimum atomic E-state index is 0.604. The van der Waals surface area contributed by atoms with E-state index in [2.05, 4.69) is 10.3 Å². The first-order chi connectivity index (χ1) is 9.92. The maximum absolute atomic E-state index is 5.62. The highest BCUT2D eigenvalue weighted by atomic mass is 16.5. The van der Waals surface area contributed by atoms with E-state index in [1.54, 1.807) is 0 Å². The highest BCUT2D eigenvalue weighted by Crippen LogP contribution is 2.14. The molecule has 3 rings (SSSR count). The molecule has 0 aliphatic rings. The Morgan fingerprint density at radius 2 is 1.80 bits per heavy atom. The van der Waals surface area contributed by atoms with E-state index in [0.717, 1.165) is 23.4 Å². The van der Waals surface area contributed by atoms with Crippen molar-refractivity contribution in [3.8, 4) is 5.75 Å². The molecule has 1 N–H and O–H groups in total. The Labute approximate surface area is 117 Å². The van der Waals surface area contributed by atoms with Gasteiger partial charge in [0.25, 0.3) is 0 Å². The molecule has 0 spiro atoms. The predicted molar refractivity (Wildman–Crippen MR) is 77.7 cm³/mol. The molecule has 0 amide bonds. The van der Waals surface area contributed by atoms with E-state index >= 15 is 0 Å². The average Bonchev–Trinajstić information content (AvgIpc) is 2.90. The summed E-state index contributed by atoms with van der Waals surface area (Å²) < 4.78 is 11.2. The number of nitrogens with zero attached hydrogens (tertiary/aromatic N) is 1. The summed E-state index contributed by atoms with van der Waals surface area (Å²) in [6, 6.07) is 17.5. The molecule has 4 nitrogen and oxygen atoms in total. The van der Waals surface area contributed by atoms with Crippen molar-refractivity contribution in [2.24, 2.45) is 0 Å². The van der Waals surface area contributed by atoms with Crippen LogP contribution in [0.3, 0.4) is 0 Å². The lowest BCUT2D eigenvalue weighted by Crippen LogP contribution is -2.20. The first kappa shape index (κ1) is 12.7. The molecule has 0 bridgehead atoms. The molecule has 20 heavy (non-hydrogen) atoms. The van der Waals surface area contributed by atoms with Crippen molar-refractivity contribution in [3.63, 3.8) is 0 Å². The van der Waals surface area contributed by atoms with Crippen molar-refractivity contribution >= 4 is 11.1 Å². The summed E-state index contributed by atoms with van der Waals surface area (Å²) >= 11 is 0. The fourth-order valence-corrected chi connectivity index (χ4v) is 1.95. The largest absolute Gasteiger partial charge is 0.492 e. The Balaban J connectivity index is 1.43. The first-order valence-corrected chi connectivity index (χ1v) is 6.65. The molecule has 0 unspecified atom stereocenters. The third kappa shape index (κ3) is 3.16. The van der Waals surface area contributed by atoms with Crippen molar-refractivity contribution in [1.29, 1.82) is 0 Å². The molecular weight excluding hydrogens is 252 g/mol. The van der Waals surface area contributed by atoms with Crippen LogP contribution in [-0.2, 0) is 6.54 Å². The predicted octanol–water partition coefficient (Wildman–Crippen LogP) is 3.00. The Morgan fingerprint density at radius 3 is 2.65 bits per heavy atom. The lowest BCUT2D eigenvalue weighted by atomic mass is 10.3. The van der Waals surface area contributed by atoms with Gasteiger partial charge in [-0.3, -0.25) is 0 Å². The molecule has 0 aliphatic heterocycles. The summed E-state index contributed by atoms with van der Waals surface area (Å²) in [5, 5.41) is 3.25. The Bertz CT molecular complexity index is 631. The summed E-state index contributed by atoms with van der Waals surface area (Å²) in [4.78, 5) is 4.40. The normalized spacial score (nSPS) is 10.8. The molecule has 0 saturated carbocycles. The number of rotatable bonds is 6. The number of oxazole rings is 1. The second-order valence-electron chi connectivity index (χ2n) is 4.41. The van der Waals surface area contributed by atoms with Crippen molar-refractivity contribution in [2.45, 2.75) is 6.54 Å². The minimum Gasteiger partial charge on any atom is -0.492 e. The third-order valence-electron chi connectivity index (χ3n) is 2.91. The maximum Gasteiger partial charge on any atom is 0.209 e. The van der Waals surface area contributed by atoms with Crippen LogP contribution in [0.5, 0.6) is 5.75 Å². The second-order valence-corrected chi connectivity index (χ2v) is 4.41. The van der Waals surface area contributed by atoms with E-state index in [0.29, 0.717) is 19.0 Å². The lowest BCUT2D eigenvalue weighted by molar-refractivity contribution is 0.310. The van der Waals surface area contributed by atoms with Gasteiger partial charge in [0, 0.05) is 6.54 Å². The topological polar surface area (TPSA) is 47.3 Å². The highest BCUT2D eigenvalue weighted by molar-refractivity contribution is 5.72. The van der Waals surface area contributed by atoms with Gasteiger partial charge in [-0.2, -0.15) is 0 Å². The van der Waals surface area contributed by atoms with Crippen LogP contribution < -0.4 is 10.1 Å². The average molecular weight is 268 g/mol. The van der Waals surface area contributed by atoms with E-state index in [4.69, 9.17) is 9.15 Å². The summed E-state index contributed by atoms with van der Waals surface area (Å²) in [7, 11) is 0. The van der Waals surface area contributed by atoms with Crippen LogP contribution in [-0.4, -0.2) is 18.1 Å². The SMILES string of the molecule is c1ccc(OCCNCc2nc3ccccc3o2)cc1. The number of para-hydroxylation sites is 3. The molecule has 0 atom stereocenters. The van der Waals surface area contributed by atoms with Gasteiger partial charge in [0.05, 0.1) is 6.54 Å². The number of fused-ring (bicyclic) bond motifs is 1. The van der Waals surface area contributed by atoms with Gasteiger partial charge in [-0.1, -0.05) is 30.3 Å². The molecule has 0 fully saturated rings. The van der Waals surface area contributed by atoms with Crippen molar-refractivity contribution in [2.75, 3.05) is 13.2 Å². The van der Waals surface area contributed by atoms with Crippen molar-refractivity contribution in [3.05, 3.63) is 60.5 Å². The van der Waals surface area contributed by atoms with Gasteiger partial charge in [-0.05, 0) is 24.3 Å². The number of nitrogens with one attached hydrogen (secondary N) is 1. The van der Waals surface area contributed by atoms with Gasteiger partial charge < -0.3 is 14.5 Å². The lowest BCUT2D eigenvalue weighted by Gasteiger charge is -2.05. The number of hydrogen-bond donors (Lipinski definition) is 1. The molecular formula is C16H16N2O2. The van der Waals surface area contributed by atoms with Crippen LogP contribution in [0, 0.1) is 0 Å². The maximum atomic E-state index is 5.62. The molecule has 0 saturated heterocycles. The van der Waals surface area contributed by atoms with Crippen molar-refractivity contribution < 1.29 is 9.15 Å². The molecule has 0 radical (unpaired) electrons. The smallest absolute Gasteiger partial charge is 0.209 e. The summed E-state index contributed by atoms with van der Waals surface area (Å²) in [5.74, 6) is 1.59. The molecule has 102 valence electrons. The van der Waals surface area contributed by atoms with Gasteiger partial charge in [-0.15, -0.1) is 0 Å². The monoisotopic (exact) mass is 268 g/mol. The van der Waals surface area contributed by atoms with E-state index in [1.165, 1.54) is 0 Å². The van der Waals surface area contributed by atoms with Gasteiger partial charge >= 0.3 is 0 Å². The van der Waals surface area contributed by atoms with Crippen LogP contribution in [0.15, 0.2) is 59.0 Å². The van der Waals surface area contributed by atoms with Crippen LogP contribution in [0.1, 0.15) is 5.89 Å². The fraction of sp³-hybridized carbons (Fsp3) is 0.188. The molecule has 2 aromatic carbocycles. The van der Waals surface area contributed by atoms with Crippen LogP contribution in [0.4, 0.5) is 0 Å². The minimum absolute atomic E-state index is 0.604. The van der Waals surface area contributed by atoms with E-state index in [-0.39, 0.29) is 0 Å². The van der Waals surface area contributed by atoms with Gasteiger partial charge in [0.1, 0.15) is 17.9 Å². The quantitative estimate of drug-likeness (QED) is 0.698. The van der Waals surface area contributed by atoms with Crippen molar-refractivity contribution in [1.82, 2.24) is 10.3 Å². The summed E-state index contributed by atoms with van der Waals surface area (Å²) in [5.41, 5.74) is 1.72. The summed E-state index contributed by atoms with van der Waals surface area (Å²) in [6.45, 7) is 1.96. The fourth-order valence-electron chi connectivity index (χ4n) is 1.95. The molecule has 3 aromatic rings. The third-order valence-corrected chi connectivity index (χ3v) is 2.91. The second kappa shape index (κ2) is 6.21. The van der Waals surface area contributed by atoms with Crippen LogP contribution in [0.2, 0.25) is 0 Å². The van der Waals surface area contributed by atoms with E-state index < -0.39 is 0 Å². The van der Waals surface area contributed by atoms with Gasteiger partial charge in [0.15, 0.2) is 5.58 Å². The highest BCUT2D eigenvalue weighted by Gasteiger charge is 2.03. The summed E-state index contributed by atoms with van der Waals surface area (Å²) in [6.07, 6.45) is 0. The number of hydrogen-bond acceptors (Lipinski definition) is 4. The molecule has 0 aliphatic carbocycles. The zero-order chi connectivity index (χ0) is 13.6. The first-order valence-electron chi connectivity index (χ1n) is 6.65. The number of ether oxygens (including phenoxy) is 1. The van der Waals surface area contributed by atoms with Crippen LogP contribution in [0.25, 0.3) is 11.1 Å². The van der Waals surface area contributed by atoms with Crippen LogP contribution >= 0.6 is 0 Å². The molecule has 1 aromatic heterocycles. The van der Waals surface area contributed by atoms with E-state index in [9.17, 15) is 0 Å². The number of benzene rings is 2. The van der Waals surface area contributed by atoms with Gasteiger partial charge in [-0.25, -0.2) is 4.98 Å². The molecule has 4 heteroatoms. The van der Waals surface area contributed by atoms with Gasteiger partial charge in [0.2, 0.25) is 5.89 Å².